The third-order valence-electron chi connectivity index (χ3n) is 4.51. The van der Waals surface area contributed by atoms with Gasteiger partial charge in [-0.3, -0.25) is 0 Å². The summed E-state index contributed by atoms with van der Waals surface area (Å²) in [4.78, 5) is 0. The lowest BCUT2D eigenvalue weighted by Gasteiger charge is -2.18. The molecule has 0 atom stereocenters. The highest BCUT2D eigenvalue weighted by Crippen LogP contribution is 2.48. The zero-order valence-corrected chi connectivity index (χ0v) is 13.2. The van der Waals surface area contributed by atoms with Gasteiger partial charge in [0.25, 0.3) is 0 Å². The van der Waals surface area contributed by atoms with Crippen molar-refractivity contribution in [2.24, 2.45) is 0 Å². The molecule has 23 heavy (non-hydrogen) atoms. The van der Waals surface area contributed by atoms with Crippen LogP contribution in [-0.4, -0.2) is 20.4 Å². The van der Waals surface area contributed by atoms with Crippen molar-refractivity contribution in [1.29, 1.82) is 0 Å². The topological polar surface area (TPSA) is 80.9 Å². The fraction of sp³-hybridized carbons (Fsp3) is 0.158. The summed E-state index contributed by atoms with van der Waals surface area (Å²) in [6.07, 6.45) is 0. The molecule has 3 aromatic carbocycles. The van der Waals surface area contributed by atoms with Gasteiger partial charge < -0.3 is 20.4 Å². The second kappa shape index (κ2) is 5.09. The van der Waals surface area contributed by atoms with E-state index in [2.05, 4.69) is 0 Å². The van der Waals surface area contributed by atoms with E-state index >= 15 is 0 Å². The van der Waals surface area contributed by atoms with Crippen molar-refractivity contribution in [2.75, 3.05) is 0 Å². The van der Waals surface area contributed by atoms with Crippen molar-refractivity contribution >= 4 is 10.8 Å². The highest BCUT2D eigenvalue weighted by atomic mass is 16.3. The van der Waals surface area contributed by atoms with Gasteiger partial charge in [-0.05, 0) is 55.5 Å². The molecule has 0 unspecified atom stereocenters. The van der Waals surface area contributed by atoms with Crippen molar-refractivity contribution in [1.82, 2.24) is 0 Å². The Morgan fingerprint density at radius 3 is 1.91 bits per heavy atom. The second-order valence-electron chi connectivity index (χ2n) is 5.78. The van der Waals surface area contributed by atoms with Crippen molar-refractivity contribution in [3.05, 3.63) is 47.0 Å². The Morgan fingerprint density at radius 1 is 0.565 bits per heavy atom. The molecule has 4 N–H and O–H groups in total. The lowest BCUT2D eigenvalue weighted by atomic mass is 9.89. The largest absolute Gasteiger partial charge is 0.507 e. The van der Waals surface area contributed by atoms with Crippen LogP contribution in [0.2, 0.25) is 0 Å². The molecule has 0 saturated heterocycles. The number of aromatic hydroxyl groups is 4. The zero-order valence-electron chi connectivity index (χ0n) is 13.2. The van der Waals surface area contributed by atoms with Crippen LogP contribution in [-0.2, 0) is 0 Å². The summed E-state index contributed by atoms with van der Waals surface area (Å²) in [5.74, 6) is 0.175. The van der Waals surface area contributed by atoms with E-state index < -0.39 is 0 Å². The Balaban J connectivity index is 2.53. The molecular weight excluding hydrogens is 292 g/mol. The van der Waals surface area contributed by atoms with E-state index in [1.165, 1.54) is 6.07 Å². The first-order chi connectivity index (χ1) is 10.8. The fourth-order valence-electron chi connectivity index (χ4n) is 3.02. The minimum atomic E-state index is -0.0239. The highest BCUT2D eigenvalue weighted by Gasteiger charge is 2.22. The quantitative estimate of drug-likeness (QED) is 0.506. The average Bonchev–Trinajstić information content (AvgIpc) is 2.53. The van der Waals surface area contributed by atoms with Crippen molar-refractivity contribution in [2.45, 2.75) is 20.8 Å². The summed E-state index contributed by atoms with van der Waals surface area (Å²) < 4.78 is 0. The Morgan fingerprint density at radius 2 is 1.22 bits per heavy atom. The van der Waals surface area contributed by atoms with E-state index in [9.17, 15) is 20.4 Å². The SMILES string of the molecule is Cc1c(C)c(O)c(-c2c(O)ccc3c(O)cccc23)c(C)c1O. The predicted molar refractivity (Wildman–Crippen MR) is 90.3 cm³/mol. The molecule has 0 aromatic heterocycles. The lowest BCUT2D eigenvalue weighted by Crippen LogP contribution is -1.94. The van der Waals surface area contributed by atoms with E-state index in [4.69, 9.17) is 0 Å². The Kier molecular flexibility index (Phi) is 3.33. The smallest absolute Gasteiger partial charge is 0.127 e. The van der Waals surface area contributed by atoms with Gasteiger partial charge in [0, 0.05) is 22.1 Å². The minimum Gasteiger partial charge on any atom is -0.507 e. The number of hydrogen-bond acceptors (Lipinski definition) is 4. The maximum atomic E-state index is 10.6. The number of rotatable bonds is 1. The van der Waals surface area contributed by atoms with Crippen molar-refractivity contribution < 1.29 is 20.4 Å². The van der Waals surface area contributed by atoms with Crippen molar-refractivity contribution in [3.8, 4) is 34.1 Å². The first-order valence-electron chi connectivity index (χ1n) is 7.30. The average molecular weight is 310 g/mol. The summed E-state index contributed by atoms with van der Waals surface area (Å²) in [7, 11) is 0. The zero-order chi connectivity index (χ0) is 16.9. The van der Waals surface area contributed by atoms with Crippen LogP contribution in [0, 0.1) is 20.8 Å². The van der Waals surface area contributed by atoms with Gasteiger partial charge in [-0.2, -0.15) is 0 Å². The summed E-state index contributed by atoms with van der Waals surface area (Å²) in [5.41, 5.74) is 2.41. The monoisotopic (exact) mass is 310 g/mol. The van der Waals surface area contributed by atoms with Gasteiger partial charge in [0.15, 0.2) is 0 Å². The Hall–Kier alpha value is -2.88. The summed E-state index contributed by atoms with van der Waals surface area (Å²) in [6.45, 7) is 5.14. The molecular formula is C19H18O4. The van der Waals surface area contributed by atoms with E-state index in [0.717, 1.165) is 0 Å². The van der Waals surface area contributed by atoms with Gasteiger partial charge >= 0.3 is 0 Å². The maximum Gasteiger partial charge on any atom is 0.127 e. The highest BCUT2D eigenvalue weighted by molar-refractivity contribution is 6.04. The molecule has 118 valence electrons. The van der Waals surface area contributed by atoms with E-state index in [1.54, 1.807) is 45.0 Å². The van der Waals surface area contributed by atoms with Crippen LogP contribution >= 0.6 is 0 Å². The fourth-order valence-corrected chi connectivity index (χ4v) is 3.02. The van der Waals surface area contributed by atoms with Gasteiger partial charge in [0.1, 0.15) is 23.0 Å². The Labute approximate surface area is 133 Å². The molecule has 0 radical (unpaired) electrons. The third-order valence-corrected chi connectivity index (χ3v) is 4.51. The minimum absolute atomic E-state index is 0.0175. The third kappa shape index (κ3) is 2.06. The van der Waals surface area contributed by atoms with Gasteiger partial charge in [-0.25, -0.2) is 0 Å². The maximum absolute atomic E-state index is 10.6. The molecule has 0 fully saturated rings. The van der Waals surface area contributed by atoms with Gasteiger partial charge in [-0.1, -0.05) is 12.1 Å². The number of fused-ring (bicyclic) bond motifs is 1. The molecule has 0 amide bonds. The molecule has 4 nitrogen and oxygen atoms in total. The van der Waals surface area contributed by atoms with Crippen molar-refractivity contribution in [3.63, 3.8) is 0 Å². The van der Waals surface area contributed by atoms with E-state index in [0.29, 0.717) is 38.6 Å². The number of phenolic OH excluding ortho intramolecular Hbond substituents is 4. The van der Waals surface area contributed by atoms with Gasteiger partial charge in [0.05, 0.1) is 0 Å². The Bertz CT molecular complexity index is 913. The van der Waals surface area contributed by atoms with Crippen LogP contribution in [0.1, 0.15) is 16.7 Å². The number of benzene rings is 3. The van der Waals surface area contributed by atoms with Gasteiger partial charge in [-0.15, -0.1) is 0 Å². The standard InChI is InChI=1S/C19H18O4/c1-9-10(2)19(23)16(11(3)18(9)22)17-13-5-4-6-14(20)12(13)7-8-15(17)21/h4-8,20-23H,1-3H3. The normalized spacial score (nSPS) is 11.1. The van der Waals surface area contributed by atoms with Crippen LogP contribution in [0.25, 0.3) is 21.9 Å². The first kappa shape index (κ1) is 15.0. The van der Waals surface area contributed by atoms with Crippen LogP contribution in [0.5, 0.6) is 23.0 Å². The summed E-state index contributed by atoms with van der Waals surface area (Å²) in [5, 5.41) is 42.5. The summed E-state index contributed by atoms with van der Waals surface area (Å²) in [6, 6.07) is 8.09. The lowest BCUT2D eigenvalue weighted by molar-refractivity contribution is 0.450. The molecule has 0 aliphatic carbocycles. The molecule has 0 spiro atoms. The molecule has 0 bridgehead atoms. The number of hydrogen-bond donors (Lipinski definition) is 4. The van der Waals surface area contributed by atoms with E-state index in [-0.39, 0.29) is 23.0 Å². The van der Waals surface area contributed by atoms with Crippen LogP contribution in [0.3, 0.4) is 0 Å². The van der Waals surface area contributed by atoms with E-state index in [1.807, 2.05) is 0 Å². The molecule has 0 heterocycles. The van der Waals surface area contributed by atoms with Crippen LogP contribution in [0.15, 0.2) is 30.3 Å². The molecule has 0 saturated carbocycles. The summed E-state index contributed by atoms with van der Waals surface area (Å²) >= 11 is 0. The molecule has 0 aliphatic heterocycles. The predicted octanol–water partition coefficient (Wildman–Crippen LogP) is 4.25. The molecule has 4 heteroatoms. The molecule has 3 aromatic rings. The first-order valence-corrected chi connectivity index (χ1v) is 7.30. The van der Waals surface area contributed by atoms with Gasteiger partial charge in [0.2, 0.25) is 0 Å². The molecule has 0 aliphatic rings. The number of phenols is 4. The van der Waals surface area contributed by atoms with Crippen LogP contribution < -0.4 is 0 Å². The second-order valence-corrected chi connectivity index (χ2v) is 5.78. The molecule has 3 rings (SSSR count). The van der Waals surface area contributed by atoms with Crippen LogP contribution in [0.4, 0.5) is 0 Å².